The van der Waals surface area contributed by atoms with Gasteiger partial charge >= 0.3 is 0 Å². The molecule has 0 spiro atoms. The first-order valence-corrected chi connectivity index (χ1v) is 5.41. The third-order valence-electron chi connectivity index (χ3n) is 3.47. The van der Waals surface area contributed by atoms with Gasteiger partial charge in [0.25, 0.3) is 5.91 Å². The van der Waals surface area contributed by atoms with E-state index in [9.17, 15) is 4.79 Å². The molecule has 0 bridgehead atoms. The van der Waals surface area contributed by atoms with Crippen LogP contribution in [0.15, 0.2) is 0 Å². The number of fused-ring (bicyclic) bond motifs is 1. The van der Waals surface area contributed by atoms with E-state index in [4.69, 9.17) is 6.42 Å². The molecule has 3 heteroatoms. The molecule has 13 heavy (non-hydrogen) atoms. The van der Waals surface area contributed by atoms with E-state index in [1.165, 1.54) is 0 Å². The minimum atomic E-state index is -0.159. The second kappa shape index (κ2) is 2.75. The zero-order valence-electron chi connectivity index (χ0n) is 7.59. The summed E-state index contributed by atoms with van der Waals surface area (Å²) in [6, 6.07) is 0. The zero-order chi connectivity index (χ0) is 9.64. The number of terminal acetylenes is 1. The van der Waals surface area contributed by atoms with E-state index >= 15 is 0 Å². The van der Waals surface area contributed by atoms with Gasteiger partial charge in [-0.15, -0.1) is 6.42 Å². The molecule has 0 radical (unpaired) electrons. The van der Waals surface area contributed by atoms with Crippen molar-refractivity contribution in [3.05, 3.63) is 0 Å². The molecule has 1 heterocycles. The molecule has 0 aromatic rings. The Morgan fingerprint density at radius 1 is 1.77 bits per heavy atom. The Hall–Kier alpha value is -0.490. The maximum absolute atomic E-state index is 11.2. The summed E-state index contributed by atoms with van der Waals surface area (Å²) in [7, 11) is 0. The molecular formula is C10H12BrNO. The average Bonchev–Trinajstić information content (AvgIpc) is 2.68. The SMILES string of the molecule is C#CC(=O)N1CCC2(C)C(Br)C2C1. The summed E-state index contributed by atoms with van der Waals surface area (Å²) in [5.74, 6) is 2.62. The van der Waals surface area contributed by atoms with Gasteiger partial charge in [0.2, 0.25) is 0 Å². The number of rotatable bonds is 0. The number of hydrogen-bond acceptors (Lipinski definition) is 1. The van der Waals surface area contributed by atoms with E-state index in [2.05, 4.69) is 28.8 Å². The van der Waals surface area contributed by atoms with E-state index < -0.39 is 0 Å². The molecule has 0 aromatic heterocycles. The molecule has 2 nitrogen and oxygen atoms in total. The number of piperidine rings is 1. The average molecular weight is 242 g/mol. The summed E-state index contributed by atoms with van der Waals surface area (Å²) in [5, 5.41) is 0. The summed E-state index contributed by atoms with van der Waals surface area (Å²) in [4.78, 5) is 13.6. The summed E-state index contributed by atoms with van der Waals surface area (Å²) >= 11 is 3.64. The summed E-state index contributed by atoms with van der Waals surface area (Å²) < 4.78 is 0. The van der Waals surface area contributed by atoms with Crippen molar-refractivity contribution in [2.24, 2.45) is 11.3 Å². The van der Waals surface area contributed by atoms with Crippen molar-refractivity contribution in [1.29, 1.82) is 0 Å². The molecule has 1 saturated heterocycles. The predicted molar refractivity (Wildman–Crippen MR) is 54.3 cm³/mol. The number of halogens is 1. The summed E-state index contributed by atoms with van der Waals surface area (Å²) in [6.45, 7) is 3.92. The van der Waals surface area contributed by atoms with Crippen molar-refractivity contribution in [2.45, 2.75) is 18.2 Å². The van der Waals surface area contributed by atoms with Crippen LogP contribution in [-0.4, -0.2) is 28.7 Å². The minimum absolute atomic E-state index is 0.159. The van der Waals surface area contributed by atoms with Gasteiger partial charge in [-0.3, -0.25) is 4.79 Å². The first kappa shape index (κ1) is 9.08. The van der Waals surface area contributed by atoms with Crippen LogP contribution in [0.2, 0.25) is 0 Å². The van der Waals surface area contributed by atoms with Crippen LogP contribution in [0.25, 0.3) is 0 Å². The van der Waals surface area contributed by atoms with Gasteiger partial charge in [0.15, 0.2) is 0 Å². The monoisotopic (exact) mass is 241 g/mol. The fourth-order valence-corrected chi connectivity index (χ4v) is 3.39. The molecule has 1 saturated carbocycles. The number of hydrogen-bond donors (Lipinski definition) is 0. The highest BCUT2D eigenvalue weighted by Gasteiger charge is 2.61. The van der Waals surface area contributed by atoms with Crippen molar-refractivity contribution in [3.8, 4) is 12.3 Å². The normalized spacial score (nSPS) is 42.1. The molecule has 2 fully saturated rings. The van der Waals surface area contributed by atoms with Crippen LogP contribution in [0.1, 0.15) is 13.3 Å². The number of nitrogens with zero attached hydrogens (tertiary/aromatic N) is 1. The maximum atomic E-state index is 11.2. The Balaban J connectivity index is 2.03. The molecule has 3 unspecified atom stereocenters. The zero-order valence-corrected chi connectivity index (χ0v) is 9.17. The van der Waals surface area contributed by atoms with E-state index in [0.29, 0.717) is 16.2 Å². The van der Waals surface area contributed by atoms with Crippen LogP contribution < -0.4 is 0 Å². The molecule has 1 aliphatic heterocycles. The van der Waals surface area contributed by atoms with E-state index in [1.54, 1.807) is 4.90 Å². The lowest BCUT2D eigenvalue weighted by atomic mass is 9.98. The smallest absolute Gasteiger partial charge is 0.298 e. The Bertz CT molecular complexity index is 296. The van der Waals surface area contributed by atoms with Crippen molar-refractivity contribution in [2.75, 3.05) is 13.1 Å². The van der Waals surface area contributed by atoms with Gasteiger partial charge in [0, 0.05) is 17.9 Å². The molecule has 1 amide bonds. The van der Waals surface area contributed by atoms with Crippen LogP contribution in [0.3, 0.4) is 0 Å². The minimum Gasteiger partial charge on any atom is -0.332 e. The third kappa shape index (κ3) is 1.20. The van der Waals surface area contributed by atoms with Gasteiger partial charge in [0.05, 0.1) is 0 Å². The molecule has 2 aliphatic rings. The highest BCUT2D eigenvalue weighted by Crippen LogP contribution is 2.61. The Labute approximate surface area is 86.8 Å². The number of alkyl halides is 1. The third-order valence-corrected chi connectivity index (χ3v) is 5.15. The quantitative estimate of drug-likeness (QED) is 0.462. The predicted octanol–water partition coefficient (Wildman–Crippen LogP) is 1.25. The van der Waals surface area contributed by atoms with Crippen LogP contribution in [0.4, 0.5) is 0 Å². The van der Waals surface area contributed by atoms with Crippen LogP contribution in [-0.2, 0) is 4.79 Å². The molecular weight excluding hydrogens is 230 g/mol. The molecule has 70 valence electrons. The number of carbonyl (C=O) groups excluding carboxylic acids is 1. The van der Waals surface area contributed by atoms with E-state index in [1.807, 2.05) is 0 Å². The van der Waals surface area contributed by atoms with E-state index in [-0.39, 0.29) is 5.91 Å². The van der Waals surface area contributed by atoms with Gasteiger partial charge < -0.3 is 4.90 Å². The topological polar surface area (TPSA) is 20.3 Å². The van der Waals surface area contributed by atoms with Gasteiger partial charge in [-0.2, -0.15) is 0 Å². The number of amides is 1. The first-order chi connectivity index (χ1) is 6.09. The van der Waals surface area contributed by atoms with Crippen molar-refractivity contribution >= 4 is 21.8 Å². The van der Waals surface area contributed by atoms with E-state index in [0.717, 1.165) is 19.5 Å². The first-order valence-electron chi connectivity index (χ1n) is 4.49. The molecule has 3 atom stereocenters. The van der Waals surface area contributed by atoms with Crippen LogP contribution in [0.5, 0.6) is 0 Å². The summed E-state index contributed by atoms with van der Waals surface area (Å²) in [5.41, 5.74) is 0.422. The fourth-order valence-electron chi connectivity index (χ4n) is 2.20. The lowest BCUT2D eigenvalue weighted by molar-refractivity contribution is -0.126. The van der Waals surface area contributed by atoms with Crippen molar-refractivity contribution < 1.29 is 4.79 Å². The Kier molecular flexibility index (Phi) is 1.92. The highest BCUT2D eigenvalue weighted by atomic mass is 79.9. The highest BCUT2D eigenvalue weighted by molar-refractivity contribution is 9.09. The van der Waals surface area contributed by atoms with Gasteiger partial charge in [0.1, 0.15) is 0 Å². The van der Waals surface area contributed by atoms with Gasteiger partial charge in [-0.05, 0) is 23.7 Å². The Morgan fingerprint density at radius 3 is 3.00 bits per heavy atom. The van der Waals surface area contributed by atoms with Crippen molar-refractivity contribution in [3.63, 3.8) is 0 Å². The summed E-state index contributed by atoms with van der Waals surface area (Å²) in [6.07, 6.45) is 6.15. The van der Waals surface area contributed by atoms with Crippen LogP contribution >= 0.6 is 15.9 Å². The maximum Gasteiger partial charge on any atom is 0.298 e. The number of carbonyl (C=O) groups is 1. The molecule has 2 rings (SSSR count). The standard InChI is InChI=1S/C10H12BrNO/c1-3-8(13)12-5-4-10(2)7(6-12)9(10)11/h1,7,9H,4-6H2,2H3. The molecule has 0 aromatic carbocycles. The number of likely N-dealkylation sites (tertiary alicyclic amines) is 1. The second-order valence-electron chi connectivity index (χ2n) is 4.16. The van der Waals surface area contributed by atoms with Crippen molar-refractivity contribution in [1.82, 2.24) is 4.90 Å². The van der Waals surface area contributed by atoms with Crippen LogP contribution in [0, 0.1) is 23.7 Å². The lowest BCUT2D eigenvalue weighted by Crippen LogP contribution is -2.37. The van der Waals surface area contributed by atoms with Gasteiger partial charge in [-0.25, -0.2) is 0 Å². The molecule has 1 aliphatic carbocycles. The Morgan fingerprint density at radius 2 is 2.46 bits per heavy atom. The second-order valence-corrected chi connectivity index (χ2v) is 5.15. The fraction of sp³-hybridized carbons (Fsp3) is 0.700. The lowest BCUT2D eigenvalue weighted by Gasteiger charge is -2.27. The van der Waals surface area contributed by atoms with Gasteiger partial charge in [-0.1, -0.05) is 22.9 Å². The largest absolute Gasteiger partial charge is 0.332 e. The molecule has 0 N–H and O–H groups in total.